The zero-order chi connectivity index (χ0) is 18.2. The van der Waals surface area contributed by atoms with Gasteiger partial charge in [0.05, 0.1) is 10.6 Å². The fraction of sp³-hybridized carbons (Fsp3) is 0. The van der Waals surface area contributed by atoms with Crippen LogP contribution in [0.4, 0.5) is 5.69 Å². The second-order valence-electron chi connectivity index (χ2n) is 4.95. The summed E-state index contributed by atoms with van der Waals surface area (Å²) in [5, 5.41) is 13.8. The number of aromatic carboxylic acids is 1. The molecule has 126 valence electrons. The number of carboxylic acid groups (broad SMARTS) is 1. The van der Waals surface area contributed by atoms with Crippen molar-refractivity contribution in [3.8, 4) is 10.4 Å². The number of amides is 1. The highest BCUT2D eigenvalue weighted by Gasteiger charge is 2.20. The molecule has 0 saturated heterocycles. The third-order valence-corrected chi connectivity index (χ3v) is 4.30. The quantitative estimate of drug-likeness (QED) is 0.550. The van der Waals surface area contributed by atoms with Gasteiger partial charge in [0, 0.05) is 11.5 Å². The van der Waals surface area contributed by atoms with E-state index in [9.17, 15) is 14.7 Å². The van der Waals surface area contributed by atoms with Gasteiger partial charge in [-0.3, -0.25) is 4.79 Å². The SMILES string of the molecule is C=C/C=C(C=C)/C=C/C(=O)Nc1csc(-c2ccccc2)c1C(=O)O. The monoisotopic (exact) mass is 351 g/mol. The Morgan fingerprint density at radius 3 is 2.44 bits per heavy atom. The normalized spacial score (nSPS) is 11.3. The summed E-state index contributed by atoms with van der Waals surface area (Å²) in [4.78, 5) is 24.3. The van der Waals surface area contributed by atoms with Crippen LogP contribution < -0.4 is 5.32 Å². The fourth-order valence-electron chi connectivity index (χ4n) is 2.14. The minimum atomic E-state index is -1.09. The minimum Gasteiger partial charge on any atom is -0.478 e. The molecule has 1 heterocycles. The Hall–Kier alpha value is -3.18. The lowest BCUT2D eigenvalue weighted by Gasteiger charge is -2.04. The molecule has 5 heteroatoms. The summed E-state index contributed by atoms with van der Waals surface area (Å²) < 4.78 is 0. The van der Waals surface area contributed by atoms with Gasteiger partial charge in [-0.25, -0.2) is 4.79 Å². The van der Waals surface area contributed by atoms with Crippen molar-refractivity contribution in [3.63, 3.8) is 0 Å². The predicted molar refractivity (Wildman–Crippen MR) is 103 cm³/mol. The molecule has 2 aromatic rings. The minimum absolute atomic E-state index is 0.0866. The molecular formula is C20H17NO3S. The van der Waals surface area contributed by atoms with Crippen LogP contribution in [-0.2, 0) is 4.79 Å². The number of carbonyl (C=O) groups excluding carboxylic acids is 1. The summed E-state index contributed by atoms with van der Waals surface area (Å²) in [5.74, 6) is -1.51. The molecule has 0 atom stereocenters. The first-order valence-corrected chi connectivity index (χ1v) is 8.29. The Balaban J connectivity index is 2.27. The Morgan fingerprint density at radius 2 is 1.84 bits per heavy atom. The standard InChI is InChI=1S/C20H17NO3S/c1-3-8-14(4-2)11-12-17(22)21-16-13-25-19(18(16)20(23)24)15-9-6-5-7-10-15/h3-13H,1-2H2,(H,21,22)(H,23,24)/b12-11+,14-8+. The number of nitrogens with one attached hydrogen (secondary N) is 1. The van der Waals surface area contributed by atoms with Gasteiger partial charge in [0.2, 0.25) is 5.91 Å². The van der Waals surface area contributed by atoms with E-state index in [0.717, 1.165) is 11.1 Å². The number of carbonyl (C=O) groups is 2. The Bertz CT molecular complexity index is 860. The van der Waals surface area contributed by atoms with Gasteiger partial charge < -0.3 is 10.4 Å². The summed E-state index contributed by atoms with van der Waals surface area (Å²) >= 11 is 1.28. The molecule has 4 nitrogen and oxygen atoms in total. The molecule has 0 saturated carbocycles. The molecule has 1 aromatic carbocycles. The largest absolute Gasteiger partial charge is 0.478 e. The lowest BCUT2D eigenvalue weighted by Crippen LogP contribution is -2.11. The maximum Gasteiger partial charge on any atom is 0.339 e. The zero-order valence-electron chi connectivity index (χ0n) is 13.4. The van der Waals surface area contributed by atoms with Crippen LogP contribution >= 0.6 is 11.3 Å². The van der Waals surface area contributed by atoms with Crippen molar-refractivity contribution < 1.29 is 14.7 Å². The van der Waals surface area contributed by atoms with Crippen LogP contribution in [0.2, 0.25) is 0 Å². The van der Waals surface area contributed by atoms with Gasteiger partial charge in [-0.15, -0.1) is 11.3 Å². The van der Waals surface area contributed by atoms with Crippen molar-refractivity contribution in [2.24, 2.45) is 0 Å². The molecule has 2 rings (SSSR count). The average molecular weight is 351 g/mol. The topological polar surface area (TPSA) is 66.4 Å². The maximum atomic E-state index is 12.1. The summed E-state index contributed by atoms with van der Waals surface area (Å²) in [6.07, 6.45) is 7.79. The number of rotatable bonds is 7. The summed E-state index contributed by atoms with van der Waals surface area (Å²) in [5.41, 5.74) is 1.88. The summed E-state index contributed by atoms with van der Waals surface area (Å²) in [7, 11) is 0. The first-order chi connectivity index (χ1) is 12.1. The average Bonchev–Trinajstić information content (AvgIpc) is 3.03. The van der Waals surface area contributed by atoms with Crippen LogP contribution in [0.25, 0.3) is 10.4 Å². The lowest BCUT2D eigenvalue weighted by atomic mass is 10.1. The van der Waals surface area contributed by atoms with Crippen molar-refractivity contribution in [2.45, 2.75) is 0 Å². The molecule has 25 heavy (non-hydrogen) atoms. The van der Waals surface area contributed by atoms with E-state index >= 15 is 0 Å². The zero-order valence-corrected chi connectivity index (χ0v) is 14.3. The number of hydrogen-bond acceptors (Lipinski definition) is 3. The Labute approximate surface area is 150 Å². The highest BCUT2D eigenvalue weighted by molar-refractivity contribution is 7.14. The number of hydrogen-bond donors (Lipinski definition) is 2. The van der Waals surface area contributed by atoms with Gasteiger partial charge in [-0.05, 0) is 17.2 Å². The number of carboxylic acids is 1. The third-order valence-electron chi connectivity index (χ3n) is 3.27. The summed E-state index contributed by atoms with van der Waals surface area (Å²) in [6.45, 7) is 7.22. The first-order valence-electron chi connectivity index (χ1n) is 7.41. The smallest absolute Gasteiger partial charge is 0.339 e. The van der Waals surface area contributed by atoms with E-state index in [2.05, 4.69) is 18.5 Å². The molecule has 0 bridgehead atoms. The molecule has 0 aliphatic rings. The van der Waals surface area contributed by atoms with Gasteiger partial charge in [0.15, 0.2) is 0 Å². The van der Waals surface area contributed by atoms with Crippen molar-refractivity contribution >= 4 is 28.9 Å². The lowest BCUT2D eigenvalue weighted by molar-refractivity contribution is -0.111. The molecule has 2 N–H and O–H groups in total. The van der Waals surface area contributed by atoms with E-state index in [1.165, 1.54) is 17.4 Å². The number of thiophene rings is 1. The molecular weight excluding hydrogens is 334 g/mol. The van der Waals surface area contributed by atoms with Crippen LogP contribution in [0.1, 0.15) is 10.4 Å². The molecule has 0 spiro atoms. The predicted octanol–water partition coefficient (Wildman–Crippen LogP) is 4.91. The van der Waals surface area contributed by atoms with Crippen LogP contribution in [0.3, 0.4) is 0 Å². The van der Waals surface area contributed by atoms with Crippen LogP contribution in [0.15, 0.2) is 84.8 Å². The van der Waals surface area contributed by atoms with Gasteiger partial charge in [-0.1, -0.05) is 61.7 Å². The highest BCUT2D eigenvalue weighted by atomic mass is 32.1. The van der Waals surface area contributed by atoms with Gasteiger partial charge in [-0.2, -0.15) is 0 Å². The second-order valence-corrected chi connectivity index (χ2v) is 5.83. The van der Waals surface area contributed by atoms with E-state index in [1.807, 2.05) is 30.3 Å². The van der Waals surface area contributed by atoms with Gasteiger partial charge in [0.25, 0.3) is 0 Å². The fourth-order valence-corrected chi connectivity index (χ4v) is 3.14. The highest BCUT2D eigenvalue weighted by Crippen LogP contribution is 2.35. The van der Waals surface area contributed by atoms with E-state index in [0.29, 0.717) is 4.88 Å². The molecule has 0 fully saturated rings. The third kappa shape index (κ3) is 4.65. The number of allylic oxidation sites excluding steroid dienone is 5. The summed E-state index contributed by atoms with van der Waals surface area (Å²) in [6, 6.07) is 9.20. The second kappa shape index (κ2) is 8.61. The number of anilines is 1. The van der Waals surface area contributed by atoms with E-state index in [4.69, 9.17) is 0 Å². The van der Waals surface area contributed by atoms with Crippen LogP contribution in [0.5, 0.6) is 0 Å². The molecule has 1 amide bonds. The van der Waals surface area contributed by atoms with E-state index < -0.39 is 11.9 Å². The van der Waals surface area contributed by atoms with Crippen molar-refractivity contribution in [1.82, 2.24) is 0 Å². The Morgan fingerprint density at radius 1 is 1.12 bits per heavy atom. The molecule has 0 unspecified atom stereocenters. The van der Waals surface area contributed by atoms with Gasteiger partial charge >= 0.3 is 5.97 Å². The van der Waals surface area contributed by atoms with Crippen molar-refractivity contribution in [3.05, 3.63) is 90.4 Å². The van der Waals surface area contributed by atoms with E-state index in [1.54, 1.807) is 29.7 Å². The van der Waals surface area contributed by atoms with Gasteiger partial charge in [0.1, 0.15) is 5.56 Å². The molecule has 0 aliphatic carbocycles. The first kappa shape index (κ1) is 18.2. The molecule has 0 aliphatic heterocycles. The molecule has 1 aromatic heterocycles. The Kier molecular flexibility index (Phi) is 6.26. The van der Waals surface area contributed by atoms with Crippen LogP contribution in [0, 0.1) is 0 Å². The van der Waals surface area contributed by atoms with Crippen molar-refractivity contribution in [2.75, 3.05) is 5.32 Å². The maximum absolute atomic E-state index is 12.1. The van der Waals surface area contributed by atoms with E-state index in [-0.39, 0.29) is 11.3 Å². The van der Waals surface area contributed by atoms with Crippen LogP contribution in [-0.4, -0.2) is 17.0 Å². The van der Waals surface area contributed by atoms with Crippen molar-refractivity contribution in [1.29, 1.82) is 0 Å². The molecule has 0 radical (unpaired) electrons. The number of benzene rings is 1.